The SMILES string of the molecule is COc1ccc(C(=O)N(O)C(C)C)cc1. The molecule has 0 atom stereocenters. The highest BCUT2D eigenvalue weighted by Gasteiger charge is 2.15. The summed E-state index contributed by atoms with van der Waals surface area (Å²) in [6.07, 6.45) is 0. The van der Waals surface area contributed by atoms with E-state index in [0.717, 1.165) is 0 Å². The summed E-state index contributed by atoms with van der Waals surface area (Å²) >= 11 is 0. The third-order valence-corrected chi connectivity index (χ3v) is 2.03. The van der Waals surface area contributed by atoms with Gasteiger partial charge in [0.1, 0.15) is 5.75 Å². The highest BCUT2D eigenvalue weighted by Crippen LogP contribution is 2.13. The van der Waals surface area contributed by atoms with E-state index in [4.69, 9.17) is 4.74 Å². The first-order valence-corrected chi connectivity index (χ1v) is 4.72. The molecule has 0 aliphatic carbocycles. The molecule has 0 saturated heterocycles. The summed E-state index contributed by atoms with van der Waals surface area (Å²) in [6.45, 7) is 3.48. The summed E-state index contributed by atoms with van der Waals surface area (Å²) in [5.74, 6) is 0.272. The van der Waals surface area contributed by atoms with Crippen LogP contribution >= 0.6 is 0 Å². The third-order valence-electron chi connectivity index (χ3n) is 2.03. The van der Waals surface area contributed by atoms with E-state index >= 15 is 0 Å². The molecular weight excluding hydrogens is 194 g/mol. The number of hydroxylamine groups is 2. The van der Waals surface area contributed by atoms with E-state index in [1.165, 1.54) is 0 Å². The molecule has 1 aromatic carbocycles. The van der Waals surface area contributed by atoms with E-state index in [1.54, 1.807) is 45.2 Å². The standard InChI is InChI=1S/C11H15NO3/c1-8(2)12(14)11(13)9-4-6-10(15-3)7-5-9/h4-8,14H,1-3H3. The molecule has 4 nitrogen and oxygen atoms in total. The number of amides is 1. The van der Waals surface area contributed by atoms with Crippen LogP contribution < -0.4 is 4.74 Å². The maximum atomic E-state index is 11.6. The Bertz CT molecular complexity index is 332. The predicted octanol–water partition coefficient (Wildman–Crippen LogP) is 1.93. The Kier molecular flexibility index (Phi) is 3.68. The van der Waals surface area contributed by atoms with Crippen molar-refractivity contribution in [2.24, 2.45) is 0 Å². The Morgan fingerprint density at radius 1 is 1.33 bits per heavy atom. The van der Waals surface area contributed by atoms with E-state index in [0.29, 0.717) is 16.4 Å². The molecule has 0 aromatic heterocycles. The van der Waals surface area contributed by atoms with Gasteiger partial charge in [0, 0.05) is 5.56 Å². The van der Waals surface area contributed by atoms with Crippen LogP contribution in [0.1, 0.15) is 24.2 Å². The summed E-state index contributed by atoms with van der Waals surface area (Å²) in [7, 11) is 1.56. The molecule has 82 valence electrons. The quantitative estimate of drug-likeness (QED) is 0.611. The monoisotopic (exact) mass is 209 g/mol. The van der Waals surface area contributed by atoms with Gasteiger partial charge in [-0.3, -0.25) is 10.0 Å². The van der Waals surface area contributed by atoms with Crippen molar-refractivity contribution in [1.82, 2.24) is 5.06 Å². The minimum atomic E-state index is -0.410. The number of nitrogens with zero attached hydrogens (tertiary/aromatic N) is 1. The normalized spacial score (nSPS) is 10.2. The molecule has 0 radical (unpaired) electrons. The van der Waals surface area contributed by atoms with E-state index in [2.05, 4.69) is 0 Å². The topological polar surface area (TPSA) is 49.8 Å². The smallest absolute Gasteiger partial charge is 0.277 e. The van der Waals surface area contributed by atoms with Crippen molar-refractivity contribution in [3.63, 3.8) is 0 Å². The maximum absolute atomic E-state index is 11.6. The van der Waals surface area contributed by atoms with Crippen LogP contribution in [0.5, 0.6) is 5.75 Å². The minimum Gasteiger partial charge on any atom is -0.497 e. The highest BCUT2D eigenvalue weighted by atomic mass is 16.5. The van der Waals surface area contributed by atoms with Crippen LogP contribution in [0.3, 0.4) is 0 Å². The van der Waals surface area contributed by atoms with Gasteiger partial charge < -0.3 is 4.74 Å². The zero-order valence-corrected chi connectivity index (χ0v) is 9.10. The van der Waals surface area contributed by atoms with Gasteiger partial charge in [-0.25, -0.2) is 5.06 Å². The molecule has 1 rings (SSSR count). The fraction of sp³-hybridized carbons (Fsp3) is 0.364. The Morgan fingerprint density at radius 2 is 1.87 bits per heavy atom. The van der Waals surface area contributed by atoms with Crippen LogP contribution in [0, 0.1) is 0 Å². The number of carbonyl (C=O) groups is 1. The van der Waals surface area contributed by atoms with E-state index in [9.17, 15) is 10.0 Å². The lowest BCUT2D eigenvalue weighted by atomic mass is 10.2. The minimum absolute atomic E-state index is 0.236. The average molecular weight is 209 g/mol. The largest absolute Gasteiger partial charge is 0.497 e. The van der Waals surface area contributed by atoms with Crippen LogP contribution in [0.2, 0.25) is 0 Å². The number of ether oxygens (including phenoxy) is 1. The lowest BCUT2D eigenvalue weighted by molar-refractivity contribution is -0.0794. The second-order valence-electron chi connectivity index (χ2n) is 3.47. The van der Waals surface area contributed by atoms with Crippen molar-refractivity contribution in [2.75, 3.05) is 7.11 Å². The van der Waals surface area contributed by atoms with E-state index < -0.39 is 5.91 Å². The second-order valence-corrected chi connectivity index (χ2v) is 3.47. The van der Waals surface area contributed by atoms with Crippen molar-refractivity contribution < 1.29 is 14.7 Å². The van der Waals surface area contributed by atoms with E-state index in [-0.39, 0.29) is 6.04 Å². The summed E-state index contributed by atoms with van der Waals surface area (Å²) in [5.41, 5.74) is 0.437. The van der Waals surface area contributed by atoms with Crippen molar-refractivity contribution in [1.29, 1.82) is 0 Å². The van der Waals surface area contributed by atoms with Gasteiger partial charge in [0.25, 0.3) is 5.91 Å². The molecule has 1 aromatic rings. The first-order valence-electron chi connectivity index (χ1n) is 4.72. The lowest BCUT2D eigenvalue weighted by Crippen LogP contribution is -2.33. The molecule has 1 amide bonds. The molecule has 15 heavy (non-hydrogen) atoms. The number of hydrogen-bond donors (Lipinski definition) is 1. The fourth-order valence-electron chi connectivity index (χ4n) is 1.10. The Labute approximate surface area is 89.0 Å². The van der Waals surface area contributed by atoms with Crippen molar-refractivity contribution >= 4 is 5.91 Å². The molecule has 0 heterocycles. The number of methoxy groups -OCH3 is 1. The number of carbonyl (C=O) groups excluding carboxylic acids is 1. The highest BCUT2D eigenvalue weighted by molar-refractivity contribution is 5.93. The average Bonchev–Trinajstić information content (AvgIpc) is 2.27. The van der Waals surface area contributed by atoms with Gasteiger partial charge in [-0.15, -0.1) is 0 Å². The third kappa shape index (κ3) is 2.70. The van der Waals surface area contributed by atoms with Crippen molar-refractivity contribution in [2.45, 2.75) is 19.9 Å². The van der Waals surface area contributed by atoms with Crippen LogP contribution in [-0.2, 0) is 0 Å². The second kappa shape index (κ2) is 4.79. The van der Waals surface area contributed by atoms with Gasteiger partial charge in [-0.2, -0.15) is 0 Å². The summed E-state index contributed by atoms with van der Waals surface area (Å²) in [5, 5.41) is 10.1. The Morgan fingerprint density at radius 3 is 2.27 bits per heavy atom. The summed E-state index contributed by atoms with van der Waals surface area (Å²) < 4.78 is 4.97. The van der Waals surface area contributed by atoms with Crippen LogP contribution in [0.25, 0.3) is 0 Å². The van der Waals surface area contributed by atoms with Gasteiger partial charge in [-0.05, 0) is 38.1 Å². The fourth-order valence-corrected chi connectivity index (χ4v) is 1.10. The predicted molar refractivity (Wildman–Crippen MR) is 56.1 cm³/mol. The first-order chi connectivity index (χ1) is 7.06. The molecule has 0 fully saturated rings. The van der Waals surface area contributed by atoms with Gasteiger partial charge >= 0.3 is 0 Å². The van der Waals surface area contributed by atoms with Crippen LogP contribution in [0.4, 0.5) is 0 Å². The Hall–Kier alpha value is -1.55. The van der Waals surface area contributed by atoms with Crippen LogP contribution in [-0.4, -0.2) is 29.3 Å². The lowest BCUT2D eigenvalue weighted by Gasteiger charge is -2.18. The zero-order chi connectivity index (χ0) is 11.4. The maximum Gasteiger partial charge on any atom is 0.277 e. The van der Waals surface area contributed by atoms with Gasteiger partial charge in [0.05, 0.1) is 13.2 Å². The number of hydrogen-bond acceptors (Lipinski definition) is 3. The Balaban J connectivity index is 2.83. The molecule has 0 spiro atoms. The number of rotatable bonds is 3. The zero-order valence-electron chi connectivity index (χ0n) is 9.10. The molecule has 0 saturated carbocycles. The van der Waals surface area contributed by atoms with Gasteiger partial charge in [0.15, 0.2) is 0 Å². The molecule has 0 unspecified atom stereocenters. The van der Waals surface area contributed by atoms with Crippen molar-refractivity contribution in [3.05, 3.63) is 29.8 Å². The molecule has 0 aliphatic rings. The van der Waals surface area contributed by atoms with Gasteiger partial charge in [0.2, 0.25) is 0 Å². The van der Waals surface area contributed by atoms with Crippen molar-refractivity contribution in [3.8, 4) is 5.75 Å². The number of benzene rings is 1. The van der Waals surface area contributed by atoms with E-state index in [1.807, 2.05) is 0 Å². The van der Waals surface area contributed by atoms with Gasteiger partial charge in [-0.1, -0.05) is 0 Å². The molecular formula is C11H15NO3. The first kappa shape index (κ1) is 11.5. The molecule has 0 aliphatic heterocycles. The molecule has 1 N–H and O–H groups in total. The summed E-state index contributed by atoms with van der Waals surface area (Å²) in [4.78, 5) is 11.6. The molecule has 0 bridgehead atoms. The molecule has 4 heteroatoms. The van der Waals surface area contributed by atoms with Crippen LogP contribution in [0.15, 0.2) is 24.3 Å². The summed E-state index contributed by atoms with van der Waals surface area (Å²) in [6, 6.07) is 6.36.